The molecule has 0 aromatic carbocycles. The predicted octanol–water partition coefficient (Wildman–Crippen LogP) is 4.41. The Bertz CT molecular complexity index is 348. The lowest BCUT2D eigenvalue weighted by Crippen LogP contribution is -2.23. The van der Waals surface area contributed by atoms with E-state index in [-0.39, 0.29) is 35.0 Å². The topological polar surface area (TPSA) is 62.4 Å². The van der Waals surface area contributed by atoms with Crippen LogP contribution in [0.3, 0.4) is 0 Å². The molecule has 0 amide bonds. The van der Waals surface area contributed by atoms with Gasteiger partial charge in [0, 0.05) is 12.9 Å². The van der Waals surface area contributed by atoms with Gasteiger partial charge in [0.1, 0.15) is 5.37 Å². The normalized spacial score (nSPS) is 19.5. The lowest BCUT2D eigenvalue weighted by atomic mass is 9.71. The van der Waals surface area contributed by atoms with Crippen LogP contribution in [0.25, 0.3) is 0 Å². The maximum Gasteiger partial charge on any atom is 0.138 e. The van der Waals surface area contributed by atoms with Crippen molar-refractivity contribution in [1.29, 1.82) is 5.26 Å². The van der Waals surface area contributed by atoms with E-state index in [1.165, 1.54) is 11.8 Å². The van der Waals surface area contributed by atoms with Crippen LogP contribution in [0.5, 0.6) is 0 Å². The molecule has 6 heteroatoms. The van der Waals surface area contributed by atoms with E-state index < -0.39 is 0 Å². The molecule has 124 valence electrons. The van der Waals surface area contributed by atoms with Crippen molar-refractivity contribution in [1.82, 2.24) is 0 Å². The summed E-state index contributed by atoms with van der Waals surface area (Å²) in [5, 5.41) is 12.2. The van der Waals surface area contributed by atoms with Gasteiger partial charge >= 0.3 is 0 Å². The zero-order valence-corrected chi connectivity index (χ0v) is 15.3. The molecule has 0 fully saturated rings. The first-order valence-electron chi connectivity index (χ1n) is 8.06. The fourth-order valence-electron chi connectivity index (χ4n) is 2.60. The summed E-state index contributed by atoms with van der Waals surface area (Å²) in [4.78, 5) is 11.1. The minimum atomic E-state index is -0.333. The van der Waals surface area contributed by atoms with Crippen LogP contribution in [0.4, 0.5) is 0 Å². The third-order valence-corrected chi connectivity index (χ3v) is 5.66. The van der Waals surface area contributed by atoms with Crippen LogP contribution in [0.2, 0.25) is 5.82 Å². The van der Waals surface area contributed by atoms with E-state index in [1.54, 1.807) is 7.11 Å². The smallest absolute Gasteiger partial charge is 0.138 e. The van der Waals surface area contributed by atoms with Crippen LogP contribution in [0, 0.1) is 34.0 Å². The number of ether oxygens (including phenoxy) is 1. The SMILES string of the molecule is [B]C(CC)C(C)C(C#N)CSC(CC(C)C(CC)OC)N=O. The molecule has 0 saturated heterocycles. The average Bonchev–Trinajstić information content (AvgIpc) is 2.54. The Hall–Kier alpha value is -0.535. The van der Waals surface area contributed by atoms with Gasteiger partial charge in [0.2, 0.25) is 0 Å². The van der Waals surface area contributed by atoms with Gasteiger partial charge in [-0.15, -0.1) is 16.7 Å². The summed E-state index contributed by atoms with van der Waals surface area (Å²) >= 11 is 1.46. The average molecular weight is 324 g/mol. The van der Waals surface area contributed by atoms with Gasteiger partial charge in [-0.25, -0.2) is 0 Å². The van der Waals surface area contributed by atoms with Crippen molar-refractivity contribution in [3.8, 4) is 6.07 Å². The van der Waals surface area contributed by atoms with Gasteiger partial charge in [0.25, 0.3) is 0 Å². The molecule has 0 spiro atoms. The number of nitrogens with zero attached hydrogens (tertiary/aromatic N) is 2. The Kier molecular flexibility index (Phi) is 11.7. The zero-order chi connectivity index (χ0) is 17.1. The molecule has 0 aromatic heterocycles. The minimum absolute atomic E-state index is 0.0183. The summed E-state index contributed by atoms with van der Waals surface area (Å²) < 4.78 is 5.42. The van der Waals surface area contributed by atoms with Crippen molar-refractivity contribution < 1.29 is 4.74 Å². The highest BCUT2D eigenvalue weighted by Gasteiger charge is 2.25. The second-order valence-corrected chi connectivity index (χ2v) is 7.17. The van der Waals surface area contributed by atoms with Crippen molar-refractivity contribution in [3.63, 3.8) is 0 Å². The molecule has 22 heavy (non-hydrogen) atoms. The second-order valence-electron chi connectivity index (χ2n) is 5.96. The number of methoxy groups -OCH3 is 1. The molecule has 0 heterocycles. The standard InChI is InChI=1S/C16H29BN2O2S/c1-6-14(17)12(4)13(9-18)10-22-16(19-20)8-11(3)15(7-2)21-5/h11-16H,6-8,10H2,1-5H3. The number of hydrogen-bond acceptors (Lipinski definition) is 5. The van der Waals surface area contributed by atoms with E-state index in [1.807, 2.05) is 13.8 Å². The number of nitroso groups, excluding NO2 is 1. The molecule has 0 aliphatic rings. The summed E-state index contributed by atoms with van der Waals surface area (Å²) in [6, 6.07) is 2.33. The summed E-state index contributed by atoms with van der Waals surface area (Å²) in [5.41, 5.74) is 0. The largest absolute Gasteiger partial charge is 0.381 e. The summed E-state index contributed by atoms with van der Waals surface area (Å²) in [6.45, 7) is 8.18. The monoisotopic (exact) mass is 324 g/mol. The molecular formula is C16H29BN2O2S. The van der Waals surface area contributed by atoms with Crippen LogP contribution in [-0.2, 0) is 4.74 Å². The van der Waals surface area contributed by atoms with Gasteiger partial charge in [0.15, 0.2) is 0 Å². The molecule has 0 bridgehead atoms. The molecular weight excluding hydrogens is 295 g/mol. The molecule has 0 aromatic rings. The summed E-state index contributed by atoms with van der Waals surface area (Å²) in [5.74, 6) is 0.850. The maximum absolute atomic E-state index is 11.1. The third kappa shape index (κ3) is 7.15. The van der Waals surface area contributed by atoms with Crippen LogP contribution in [-0.4, -0.2) is 32.2 Å². The molecule has 0 rings (SSSR count). The summed E-state index contributed by atoms with van der Waals surface area (Å²) in [7, 11) is 7.72. The number of nitriles is 1. The predicted molar refractivity (Wildman–Crippen MR) is 95.0 cm³/mol. The van der Waals surface area contributed by atoms with E-state index in [0.29, 0.717) is 12.2 Å². The molecule has 0 N–H and O–H groups in total. The minimum Gasteiger partial charge on any atom is -0.381 e. The highest BCUT2D eigenvalue weighted by molar-refractivity contribution is 7.99. The highest BCUT2D eigenvalue weighted by Crippen LogP contribution is 2.31. The van der Waals surface area contributed by atoms with E-state index in [9.17, 15) is 10.2 Å². The number of thioether (sulfide) groups is 1. The van der Waals surface area contributed by atoms with Crippen molar-refractivity contribution in [2.24, 2.45) is 22.9 Å². The first-order valence-corrected chi connectivity index (χ1v) is 9.11. The molecule has 0 aliphatic carbocycles. The Morgan fingerprint density at radius 3 is 2.36 bits per heavy atom. The Morgan fingerprint density at radius 2 is 1.95 bits per heavy atom. The van der Waals surface area contributed by atoms with E-state index in [2.05, 4.69) is 25.1 Å². The molecule has 0 saturated carbocycles. The molecule has 6 atom stereocenters. The lowest BCUT2D eigenvalue weighted by Gasteiger charge is -2.25. The highest BCUT2D eigenvalue weighted by atomic mass is 32.2. The fourth-order valence-corrected chi connectivity index (χ4v) is 3.91. The molecule has 0 aliphatic heterocycles. The second kappa shape index (κ2) is 12.0. The zero-order valence-electron chi connectivity index (χ0n) is 14.5. The van der Waals surface area contributed by atoms with Gasteiger partial charge < -0.3 is 4.74 Å². The number of hydrogen-bond donors (Lipinski definition) is 0. The quantitative estimate of drug-likeness (QED) is 0.394. The maximum atomic E-state index is 11.1. The van der Waals surface area contributed by atoms with Gasteiger partial charge in [-0.1, -0.05) is 45.1 Å². The number of rotatable bonds is 12. The third-order valence-electron chi connectivity index (χ3n) is 4.45. The molecule has 4 nitrogen and oxygen atoms in total. The van der Waals surface area contributed by atoms with Crippen LogP contribution < -0.4 is 0 Å². The summed E-state index contributed by atoms with van der Waals surface area (Å²) in [6.07, 6.45) is 2.58. The van der Waals surface area contributed by atoms with Crippen LogP contribution in [0.15, 0.2) is 5.18 Å². The Balaban J connectivity index is 4.50. The van der Waals surface area contributed by atoms with Gasteiger partial charge in [-0.3, -0.25) is 0 Å². The van der Waals surface area contributed by atoms with Gasteiger partial charge in [-0.05, 0) is 24.7 Å². The first-order chi connectivity index (χ1) is 10.4. The van der Waals surface area contributed by atoms with Gasteiger partial charge in [0.05, 0.1) is 25.9 Å². The van der Waals surface area contributed by atoms with E-state index >= 15 is 0 Å². The van der Waals surface area contributed by atoms with Crippen molar-refractivity contribution in [3.05, 3.63) is 4.91 Å². The van der Waals surface area contributed by atoms with E-state index in [4.69, 9.17) is 12.6 Å². The molecule has 2 radical (unpaired) electrons. The van der Waals surface area contributed by atoms with Crippen LogP contribution in [0.1, 0.15) is 47.0 Å². The fraction of sp³-hybridized carbons (Fsp3) is 0.938. The van der Waals surface area contributed by atoms with Crippen molar-refractivity contribution in [2.45, 2.75) is 64.3 Å². The Morgan fingerprint density at radius 1 is 1.32 bits per heavy atom. The van der Waals surface area contributed by atoms with Crippen molar-refractivity contribution >= 4 is 19.6 Å². The lowest BCUT2D eigenvalue weighted by molar-refractivity contribution is 0.0525. The molecule has 6 unspecified atom stereocenters. The van der Waals surface area contributed by atoms with Crippen LogP contribution >= 0.6 is 11.8 Å². The van der Waals surface area contributed by atoms with E-state index in [0.717, 1.165) is 12.8 Å². The first kappa shape index (κ1) is 21.5. The van der Waals surface area contributed by atoms with Gasteiger partial charge in [-0.2, -0.15) is 5.26 Å². The van der Waals surface area contributed by atoms with Crippen molar-refractivity contribution in [2.75, 3.05) is 12.9 Å². The Labute approximate surface area is 141 Å².